The molecule has 0 saturated heterocycles. The Kier molecular flexibility index (Phi) is 5.37. The minimum atomic E-state index is -0.430. The van der Waals surface area contributed by atoms with Crippen molar-refractivity contribution < 1.29 is 4.79 Å². The summed E-state index contributed by atoms with van der Waals surface area (Å²) in [5, 5.41) is 2.03. The topological polar surface area (TPSA) is 62.8 Å². The van der Waals surface area contributed by atoms with E-state index < -0.39 is 11.3 Å². The summed E-state index contributed by atoms with van der Waals surface area (Å²) in [4.78, 5) is 33.6. The number of aromatic amines is 1. The summed E-state index contributed by atoms with van der Waals surface area (Å²) in [5.74, 6) is -0.402. The zero-order valence-electron chi connectivity index (χ0n) is 17.8. The standard InChI is InChI=1S/C28H19ClN2O2/c1-17-11-12-19-16-20(27(29)30-23(19)15-17)13-14-24(32)26-25(18-7-3-2-4-8-18)21-9-5-6-10-22(21)31-28(26)33/h2-16H,1H3,(H,31,33). The highest BCUT2D eigenvalue weighted by atomic mass is 35.5. The number of ketones is 1. The molecular weight excluding hydrogens is 432 g/mol. The van der Waals surface area contributed by atoms with Crippen LogP contribution in [0.5, 0.6) is 0 Å². The Morgan fingerprint density at radius 3 is 2.55 bits per heavy atom. The van der Waals surface area contributed by atoms with Crippen molar-refractivity contribution in [3.63, 3.8) is 0 Å². The highest BCUT2D eigenvalue weighted by Gasteiger charge is 2.19. The number of benzene rings is 3. The summed E-state index contributed by atoms with van der Waals surface area (Å²) >= 11 is 6.38. The molecule has 0 atom stereocenters. The minimum absolute atomic E-state index is 0.0941. The number of allylic oxidation sites excluding steroid dienone is 1. The first-order chi connectivity index (χ1) is 16.0. The molecule has 2 heterocycles. The number of aromatic nitrogens is 2. The molecule has 160 valence electrons. The van der Waals surface area contributed by atoms with Gasteiger partial charge in [0.1, 0.15) is 5.15 Å². The summed E-state index contributed by atoms with van der Waals surface area (Å²) in [6.45, 7) is 1.99. The number of rotatable bonds is 4. The largest absolute Gasteiger partial charge is 0.321 e. The zero-order valence-corrected chi connectivity index (χ0v) is 18.6. The van der Waals surface area contributed by atoms with E-state index in [2.05, 4.69) is 9.97 Å². The van der Waals surface area contributed by atoms with E-state index in [0.29, 0.717) is 21.8 Å². The van der Waals surface area contributed by atoms with Gasteiger partial charge in [-0.3, -0.25) is 9.59 Å². The highest BCUT2D eigenvalue weighted by Crippen LogP contribution is 2.30. The first kappa shape index (κ1) is 20.9. The first-order valence-corrected chi connectivity index (χ1v) is 10.9. The molecule has 0 saturated carbocycles. The Morgan fingerprint density at radius 1 is 0.970 bits per heavy atom. The molecule has 0 spiro atoms. The van der Waals surface area contributed by atoms with Gasteiger partial charge in [0.15, 0.2) is 5.78 Å². The van der Waals surface area contributed by atoms with Crippen molar-refractivity contribution in [3.8, 4) is 11.1 Å². The lowest BCUT2D eigenvalue weighted by atomic mass is 9.94. The molecule has 0 aliphatic rings. The average Bonchev–Trinajstić information content (AvgIpc) is 2.82. The molecule has 0 aliphatic carbocycles. The van der Waals surface area contributed by atoms with Gasteiger partial charge >= 0.3 is 0 Å². The summed E-state index contributed by atoms with van der Waals surface area (Å²) in [5.41, 5.74) is 4.25. The van der Waals surface area contributed by atoms with Crippen molar-refractivity contribution in [2.45, 2.75) is 6.92 Å². The zero-order chi connectivity index (χ0) is 22.9. The molecule has 0 fully saturated rings. The SMILES string of the molecule is Cc1ccc2cc(C=CC(=O)c3c(-c4ccccc4)c4ccccc4[nH]c3=O)c(Cl)nc2c1. The fourth-order valence-corrected chi connectivity index (χ4v) is 4.23. The third kappa shape index (κ3) is 3.97. The molecule has 5 heteroatoms. The number of halogens is 1. The fourth-order valence-electron chi connectivity index (χ4n) is 4.02. The van der Waals surface area contributed by atoms with Crippen LogP contribution >= 0.6 is 11.6 Å². The van der Waals surface area contributed by atoms with Crippen molar-refractivity contribution in [3.05, 3.63) is 117 Å². The van der Waals surface area contributed by atoms with Crippen LogP contribution in [0.1, 0.15) is 21.5 Å². The number of H-pyrrole nitrogens is 1. The van der Waals surface area contributed by atoms with Gasteiger partial charge in [-0.2, -0.15) is 0 Å². The number of nitrogens with zero attached hydrogens (tertiary/aromatic N) is 1. The Bertz CT molecular complexity index is 1620. The Balaban J connectivity index is 1.64. The second kappa shape index (κ2) is 8.49. The number of carbonyl (C=O) groups is 1. The quantitative estimate of drug-likeness (QED) is 0.190. The third-order valence-electron chi connectivity index (χ3n) is 5.60. The molecule has 5 rings (SSSR count). The molecule has 0 unspecified atom stereocenters. The lowest BCUT2D eigenvalue weighted by Crippen LogP contribution is -2.18. The second-order valence-corrected chi connectivity index (χ2v) is 8.24. The predicted octanol–water partition coefficient (Wildman–Crippen LogP) is 6.60. The van der Waals surface area contributed by atoms with Gasteiger partial charge in [0.25, 0.3) is 5.56 Å². The maximum absolute atomic E-state index is 13.3. The van der Waals surface area contributed by atoms with Crippen LogP contribution in [0.4, 0.5) is 0 Å². The van der Waals surface area contributed by atoms with E-state index in [4.69, 9.17) is 11.6 Å². The maximum Gasteiger partial charge on any atom is 0.260 e. The van der Waals surface area contributed by atoms with Crippen LogP contribution in [0, 0.1) is 6.92 Å². The van der Waals surface area contributed by atoms with Crippen molar-refractivity contribution in [1.82, 2.24) is 9.97 Å². The Labute approximate surface area is 195 Å². The summed E-state index contributed by atoms with van der Waals surface area (Å²) in [6.07, 6.45) is 3.00. The molecule has 4 nitrogen and oxygen atoms in total. The summed E-state index contributed by atoms with van der Waals surface area (Å²) < 4.78 is 0. The van der Waals surface area contributed by atoms with E-state index in [-0.39, 0.29) is 5.56 Å². The van der Waals surface area contributed by atoms with Gasteiger partial charge in [0.2, 0.25) is 0 Å². The van der Waals surface area contributed by atoms with E-state index in [1.807, 2.05) is 85.8 Å². The molecule has 3 aromatic carbocycles. The molecule has 0 aliphatic heterocycles. The molecule has 5 aromatic rings. The van der Waals surface area contributed by atoms with Gasteiger partial charge in [-0.1, -0.05) is 72.3 Å². The van der Waals surface area contributed by atoms with Crippen LogP contribution in [-0.4, -0.2) is 15.8 Å². The number of carbonyl (C=O) groups excluding carboxylic acids is 1. The van der Waals surface area contributed by atoms with Gasteiger partial charge < -0.3 is 4.98 Å². The molecule has 0 radical (unpaired) electrons. The lowest BCUT2D eigenvalue weighted by molar-refractivity contribution is 0.104. The average molecular weight is 451 g/mol. The summed E-state index contributed by atoms with van der Waals surface area (Å²) in [6, 6.07) is 24.7. The van der Waals surface area contributed by atoms with Crippen molar-refractivity contribution in [2.75, 3.05) is 0 Å². The van der Waals surface area contributed by atoms with Crippen molar-refractivity contribution >= 4 is 45.3 Å². The number of aryl methyl sites for hydroxylation is 1. The van der Waals surface area contributed by atoms with Gasteiger partial charge in [-0.05, 0) is 48.4 Å². The van der Waals surface area contributed by atoms with E-state index in [9.17, 15) is 9.59 Å². The van der Waals surface area contributed by atoms with E-state index in [0.717, 1.165) is 27.4 Å². The molecule has 33 heavy (non-hydrogen) atoms. The maximum atomic E-state index is 13.3. The van der Waals surface area contributed by atoms with E-state index >= 15 is 0 Å². The molecular formula is C28H19ClN2O2. The number of pyridine rings is 2. The Morgan fingerprint density at radius 2 is 1.73 bits per heavy atom. The number of fused-ring (bicyclic) bond motifs is 2. The molecule has 2 aromatic heterocycles. The number of hydrogen-bond donors (Lipinski definition) is 1. The van der Waals surface area contributed by atoms with Crippen LogP contribution in [0.25, 0.3) is 39.0 Å². The number of para-hydroxylation sites is 1. The monoisotopic (exact) mass is 450 g/mol. The van der Waals surface area contributed by atoms with Gasteiger partial charge in [0.05, 0.1) is 11.1 Å². The second-order valence-electron chi connectivity index (χ2n) is 7.88. The van der Waals surface area contributed by atoms with Crippen LogP contribution in [-0.2, 0) is 0 Å². The smallest absolute Gasteiger partial charge is 0.260 e. The Hall–Kier alpha value is -4.02. The third-order valence-corrected chi connectivity index (χ3v) is 5.90. The van der Waals surface area contributed by atoms with Crippen LogP contribution in [0.2, 0.25) is 5.15 Å². The number of nitrogens with one attached hydrogen (secondary N) is 1. The fraction of sp³-hybridized carbons (Fsp3) is 0.0357. The van der Waals surface area contributed by atoms with Crippen LogP contribution < -0.4 is 5.56 Å². The highest BCUT2D eigenvalue weighted by molar-refractivity contribution is 6.31. The van der Waals surface area contributed by atoms with Gasteiger partial charge in [0, 0.05) is 27.4 Å². The van der Waals surface area contributed by atoms with Crippen molar-refractivity contribution in [2.24, 2.45) is 0 Å². The molecule has 0 bridgehead atoms. The molecule has 0 amide bonds. The summed E-state index contributed by atoms with van der Waals surface area (Å²) in [7, 11) is 0. The normalized spacial score (nSPS) is 11.5. The predicted molar refractivity (Wildman–Crippen MR) is 135 cm³/mol. The van der Waals surface area contributed by atoms with Crippen LogP contribution in [0.3, 0.4) is 0 Å². The van der Waals surface area contributed by atoms with Crippen LogP contribution in [0.15, 0.2) is 89.7 Å². The van der Waals surface area contributed by atoms with Crippen molar-refractivity contribution in [1.29, 1.82) is 0 Å². The number of hydrogen-bond acceptors (Lipinski definition) is 3. The van der Waals surface area contributed by atoms with Gasteiger partial charge in [-0.15, -0.1) is 0 Å². The van der Waals surface area contributed by atoms with E-state index in [1.165, 1.54) is 6.08 Å². The molecule has 1 N–H and O–H groups in total. The minimum Gasteiger partial charge on any atom is -0.321 e. The van der Waals surface area contributed by atoms with E-state index in [1.54, 1.807) is 6.08 Å². The lowest BCUT2D eigenvalue weighted by Gasteiger charge is -2.11. The first-order valence-electron chi connectivity index (χ1n) is 10.5. The van der Waals surface area contributed by atoms with Gasteiger partial charge in [-0.25, -0.2) is 4.98 Å².